The topological polar surface area (TPSA) is 109 Å². The molecule has 8 bridgehead atoms. The largest absolute Gasteiger partial charge is 0.324 e. The van der Waals surface area contributed by atoms with Gasteiger partial charge in [0.15, 0.2) is 23.3 Å². The van der Waals surface area contributed by atoms with Crippen molar-refractivity contribution >= 4 is 40.8 Å². The van der Waals surface area contributed by atoms with E-state index >= 15 is 0 Å². The van der Waals surface area contributed by atoms with Gasteiger partial charge in [-0.1, -0.05) is 86.0 Å². The molecule has 2 aliphatic heterocycles. The van der Waals surface area contributed by atoms with Crippen LogP contribution in [0.25, 0.3) is 86.4 Å². The molecule has 2 aliphatic rings. The molecule has 0 radical (unpaired) electrons. The molecule has 0 atom stereocenters. The first kappa shape index (κ1) is 23.6. The van der Waals surface area contributed by atoms with E-state index in [-0.39, 0.29) is 0 Å². The quantitative estimate of drug-likeness (QED) is 0.255. The van der Waals surface area contributed by atoms with Crippen LogP contribution >= 0.6 is 0 Å². The molecule has 0 unspecified atom stereocenters. The molecule has 0 saturated carbocycles. The number of hydrogen-bond donors (Lipinski definition) is 2. The maximum atomic E-state index is 4.99. The number of benzene rings is 2. The first-order valence-corrected chi connectivity index (χ1v) is 12.9. The molecular weight excluding hydrogens is 496 g/mol. The SMILES string of the molecule is C=Cc1c(C=C)c2nc3[nH]c(nc4nc(nc5nc(nc1[nH]2)-c1ccccc1-5)-c1ccccc1-4)c(/C=C\C)c3C. The number of rotatable bonds is 3. The Hall–Kier alpha value is -5.50. The van der Waals surface area contributed by atoms with Crippen molar-refractivity contribution in [2.75, 3.05) is 0 Å². The van der Waals surface area contributed by atoms with E-state index in [1.54, 1.807) is 12.2 Å². The molecule has 40 heavy (non-hydrogen) atoms. The van der Waals surface area contributed by atoms with Crippen LogP contribution in [0, 0.1) is 6.92 Å². The molecule has 0 spiro atoms. The minimum Gasteiger partial charge on any atom is -0.324 e. The van der Waals surface area contributed by atoms with Gasteiger partial charge in [-0.05, 0) is 13.8 Å². The predicted octanol–water partition coefficient (Wildman–Crippen LogP) is 7.19. The maximum Gasteiger partial charge on any atom is 0.164 e. The monoisotopic (exact) mass is 520 g/mol. The van der Waals surface area contributed by atoms with Crippen molar-refractivity contribution in [2.45, 2.75) is 13.8 Å². The van der Waals surface area contributed by atoms with Crippen molar-refractivity contribution in [2.24, 2.45) is 0 Å². The van der Waals surface area contributed by atoms with Gasteiger partial charge in [0.1, 0.15) is 22.6 Å². The van der Waals surface area contributed by atoms with E-state index in [1.807, 2.05) is 74.5 Å². The lowest BCUT2D eigenvalue weighted by Gasteiger charge is -1.98. The third kappa shape index (κ3) is 3.54. The molecule has 0 saturated heterocycles. The molecular formula is C32H24N8. The normalized spacial score (nSPS) is 11.8. The molecule has 2 N–H and O–H groups in total. The third-order valence-corrected chi connectivity index (χ3v) is 7.14. The summed E-state index contributed by atoms with van der Waals surface area (Å²) >= 11 is 0. The van der Waals surface area contributed by atoms with Gasteiger partial charge >= 0.3 is 0 Å². The van der Waals surface area contributed by atoms with Crippen LogP contribution < -0.4 is 0 Å². The van der Waals surface area contributed by atoms with Crippen molar-refractivity contribution in [3.63, 3.8) is 0 Å². The van der Waals surface area contributed by atoms with Crippen LogP contribution in [0.3, 0.4) is 0 Å². The highest BCUT2D eigenvalue weighted by Gasteiger charge is 2.23. The van der Waals surface area contributed by atoms with Crippen LogP contribution in [0.5, 0.6) is 0 Å². The van der Waals surface area contributed by atoms with Crippen molar-refractivity contribution in [1.82, 2.24) is 39.9 Å². The van der Waals surface area contributed by atoms with Gasteiger partial charge in [-0.3, -0.25) is 0 Å². The number of aryl methyl sites for hydroxylation is 1. The zero-order chi connectivity index (χ0) is 27.4. The molecule has 7 rings (SSSR count). The average molecular weight is 521 g/mol. The summed E-state index contributed by atoms with van der Waals surface area (Å²) in [4.78, 5) is 36.4. The fourth-order valence-electron chi connectivity index (χ4n) is 5.19. The molecule has 3 aromatic heterocycles. The maximum absolute atomic E-state index is 4.99. The molecule has 0 fully saturated rings. The van der Waals surface area contributed by atoms with E-state index in [0.717, 1.165) is 44.5 Å². The number of aromatic amines is 2. The summed E-state index contributed by atoms with van der Waals surface area (Å²) in [5.41, 5.74) is 9.59. The summed E-state index contributed by atoms with van der Waals surface area (Å²) in [5.74, 6) is 2.22. The van der Waals surface area contributed by atoms with Crippen LogP contribution in [-0.4, -0.2) is 39.9 Å². The highest BCUT2D eigenvalue weighted by Crippen LogP contribution is 2.37. The molecule has 5 heterocycles. The van der Waals surface area contributed by atoms with Crippen LogP contribution in [0.4, 0.5) is 0 Å². The number of aromatic nitrogens is 8. The van der Waals surface area contributed by atoms with Crippen molar-refractivity contribution in [1.29, 1.82) is 0 Å². The summed E-state index contributed by atoms with van der Waals surface area (Å²) in [6.45, 7) is 12.1. The summed E-state index contributed by atoms with van der Waals surface area (Å²) in [6.07, 6.45) is 7.52. The number of nitrogens with one attached hydrogen (secondary N) is 2. The van der Waals surface area contributed by atoms with Gasteiger partial charge in [-0.2, -0.15) is 0 Å². The van der Waals surface area contributed by atoms with Gasteiger partial charge < -0.3 is 9.97 Å². The van der Waals surface area contributed by atoms with Crippen molar-refractivity contribution in [3.05, 3.63) is 90.0 Å². The van der Waals surface area contributed by atoms with Gasteiger partial charge in [-0.25, -0.2) is 29.9 Å². The first-order valence-electron chi connectivity index (χ1n) is 12.9. The van der Waals surface area contributed by atoms with Crippen molar-refractivity contribution in [3.8, 4) is 45.6 Å². The Morgan fingerprint density at radius 2 is 0.950 bits per heavy atom. The number of H-pyrrole nitrogens is 2. The third-order valence-electron chi connectivity index (χ3n) is 7.14. The number of hydrogen-bond acceptors (Lipinski definition) is 6. The summed E-state index contributed by atoms with van der Waals surface area (Å²) in [6, 6.07) is 15.9. The Balaban J connectivity index is 1.70. The lowest BCUT2D eigenvalue weighted by atomic mass is 10.1. The van der Waals surface area contributed by atoms with Crippen LogP contribution in [0.15, 0.2) is 67.8 Å². The summed E-state index contributed by atoms with van der Waals surface area (Å²) < 4.78 is 0. The number of nitrogens with zero attached hydrogens (tertiary/aromatic N) is 6. The van der Waals surface area contributed by atoms with E-state index in [1.165, 1.54) is 0 Å². The molecule has 192 valence electrons. The molecule has 8 heteroatoms. The zero-order valence-electron chi connectivity index (χ0n) is 22.0. The van der Waals surface area contributed by atoms with E-state index in [9.17, 15) is 0 Å². The van der Waals surface area contributed by atoms with E-state index in [0.29, 0.717) is 45.9 Å². The fraction of sp³-hybridized carbons (Fsp3) is 0.0625. The minimum absolute atomic E-state index is 0.544. The highest BCUT2D eigenvalue weighted by atomic mass is 15.1. The number of fused-ring (bicyclic) bond motifs is 14. The predicted molar refractivity (Wildman–Crippen MR) is 161 cm³/mol. The summed E-state index contributed by atoms with van der Waals surface area (Å²) in [5, 5.41) is 0. The van der Waals surface area contributed by atoms with Gasteiger partial charge in [0.25, 0.3) is 0 Å². The second kappa shape index (κ2) is 9.06. The molecule has 0 amide bonds. The second-order valence-electron chi connectivity index (χ2n) is 9.48. The fourth-order valence-corrected chi connectivity index (χ4v) is 5.19. The van der Waals surface area contributed by atoms with Crippen LogP contribution in [0.1, 0.15) is 29.2 Å². The highest BCUT2D eigenvalue weighted by molar-refractivity contribution is 5.88. The van der Waals surface area contributed by atoms with Gasteiger partial charge in [0.2, 0.25) is 0 Å². The Bertz CT molecular complexity index is 2080. The smallest absolute Gasteiger partial charge is 0.164 e. The van der Waals surface area contributed by atoms with Gasteiger partial charge in [0.05, 0.1) is 0 Å². The molecule has 2 aromatic carbocycles. The van der Waals surface area contributed by atoms with E-state index in [4.69, 9.17) is 29.9 Å². The first-order chi connectivity index (χ1) is 19.6. The second-order valence-corrected chi connectivity index (χ2v) is 9.48. The Labute approximate surface area is 230 Å². The van der Waals surface area contributed by atoms with Gasteiger partial charge in [0, 0.05) is 44.5 Å². The molecule has 0 aliphatic carbocycles. The van der Waals surface area contributed by atoms with E-state index in [2.05, 4.69) is 23.1 Å². The lowest BCUT2D eigenvalue weighted by molar-refractivity contribution is 1.16. The zero-order valence-corrected chi connectivity index (χ0v) is 22.0. The minimum atomic E-state index is 0.544. The van der Waals surface area contributed by atoms with Crippen molar-refractivity contribution < 1.29 is 0 Å². The standard InChI is InChI=1S/C32H24N8/c1-5-12-20-17(4)25-33-26-18(6-2)19(7-3)27(35-26)36-29-21-13-8-10-15-23(21)31(38-29)40-32-24-16-11-9-14-22(24)30(39-32)37-28(20)34-25/h5-16H,2-3H2,1,4H3,(H2,33,34,35,36,37,38,39,40)/b12-5-. The lowest BCUT2D eigenvalue weighted by Crippen LogP contribution is -1.85. The Morgan fingerprint density at radius 3 is 1.40 bits per heavy atom. The molecule has 8 nitrogen and oxygen atoms in total. The number of allylic oxidation sites excluding steroid dienone is 1. The summed E-state index contributed by atoms with van der Waals surface area (Å²) in [7, 11) is 0. The van der Waals surface area contributed by atoms with Crippen LogP contribution in [0.2, 0.25) is 0 Å². The van der Waals surface area contributed by atoms with Gasteiger partial charge in [-0.15, -0.1) is 0 Å². The molecule has 5 aromatic rings. The van der Waals surface area contributed by atoms with Crippen LogP contribution in [-0.2, 0) is 0 Å². The Kier molecular flexibility index (Phi) is 5.35. The Morgan fingerprint density at radius 1 is 0.550 bits per heavy atom. The average Bonchev–Trinajstić information content (AvgIpc) is 3.68. The van der Waals surface area contributed by atoms with E-state index < -0.39 is 0 Å².